The maximum atomic E-state index is 12.4. The third-order valence-electron chi connectivity index (χ3n) is 3.64. The fourth-order valence-corrected chi connectivity index (χ4v) is 3.24. The van der Waals surface area contributed by atoms with Crippen molar-refractivity contribution in [3.8, 4) is 0 Å². The van der Waals surface area contributed by atoms with Crippen molar-refractivity contribution in [1.82, 2.24) is 14.7 Å². The van der Waals surface area contributed by atoms with Crippen LogP contribution in [0.5, 0.6) is 0 Å². The van der Waals surface area contributed by atoms with Gasteiger partial charge in [-0.1, -0.05) is 6.07 Å². The number of sulfone groups is 1. The molecule has 8 nitrogen and oxygen atoms in total. The lowest BCUT2D eigenvalue weighted by Crippen LogP contribution is -2.25. The minimum absolute atomic E-state index is 0.0857. The lowest BCUT2D eigenvalue weighted by molar-refractivity contribution is 0.0914. The van der Waals surface area contributed by atoms with Crippen LogP contribution < -0.4 is 5.32 Å². The van der Waals surface area contributed by atoms with Crippen LogP contribution in [0.25, 0.3) is 5.52 Å². The molecule has 0 aromatic carbocycles. The number of pyridine rings is 1. The van der Waals surface area contributed by atoms with Gasteiger partial charge in [0.25, 0.3) is 5.91 Å². The van der Waals surface area contributed by atoms with Crippen LogP contribution in [0.1, 0.15) is 22.7 Å². The van der Waals surface area contributed by atoms with Crippen molar-refractivity contribution in [2.45, 2.75) is 18.2 Å². The molecular weight excluding hydrogens is 358 g/mol. The van der Waals surface area contributed by atoms with Gasteiger partial charge < -0.3 is 14.5 Å². The molecule has 0 saturated heterocycles. The fraction of sp³-hybridized carbons (Fsp3) is 0.294. The fourth-order valence-electron chi connectivity index (χ4n) is 2.47. The number of amides is 1. The number of fused-ring (bicyclic) bond motifs is 1. The highest BCUT2D eigenvalue weighted by Crippen LogP contribution is 2.16. The molecule has 3 rings (SSSR count). The summed E-state index contributed by atoms with van der Waals surface area (Å²) in [6.07, 6.45) is 4.82. The van der Waals surface area contributed by atoms with Gasteiger partial charge in [-0.2, -0.15) is 0 Å². The summed E-state index contributed by atoms with van der Waals surface area (Å²) < 4.78 is 35.7. The summed E-state index contributed by atoms with van der Waals surface area (Å²) in [5, 5.41) is 2.58. The second-order valence-corrected chi connectivity index (χ2v) is 7.62. The molecule has 0 aliphatic carbocycles. The Hall–Kier alpha value is -2.65. The monoisotopic (exact) mass is 377 g/mol. The van der Waals surface area contributed by atoms with Gasteiger partial charge in [-0.3, -0.25) is 9.20 Å². The molecule has 1 N–H and O–H groups in total. The summed E-state index contributed by atoms with van der Waals surface area (Å²) >= 11 is 0. The van der Waals surface area contributed by atoms with Crippen LogP contribution in [0.2, 0.25) is 0 Å². The van der Waals surface area contributed by atoms with Gasteiger partial charge in [0.05, 0.1) is 11.8 Å². The van der Waals surface area contributed by atoms with Crippen LogP contribution in [-0.4, -0.2) is 43.1 Å². The van der Waals surface area contributed by atoms with E-state index in [0.717, 1.165) is 12.0 Å². The number of nitrogens with zero attached hydrogens (tertiary/aromatic N) is 2. The van der Waals surface area contributed by atoms with Crippen molar-refractivity contribution >= 4 is 21.3 Å². The van der Waals surface area contributed by atoms with Crippen molar-refractivity contribution in [1.29, 1.82) is 0 Å². The van der Waals surface area contributed by atoms with Gasteiger partial charge in [0.2, 0.25) is 15.0 Å². The minimum Gasteiger partial charge on any atom is -0.467 e. The number of carbonyl (C=O) groups excluding carboxylic acids is 1. The first-order valence-electron chi connectivity index (χ1n) is 8.02. The summed E-state index contributed by atoms with van der Waals surface area (Å²) in [5.41, 5.74) is 0.530. The largest absolute Gasteiger partial charge is 0.467 e. The number of imidazole rings is 1. The number of carbonyl (C=O) groups is 1. The molecular formula is C17H19N3O5S. The summed E-state index contributed by atoms with van der Waals surface area (Å²) in [6.45, 7) is 1.22. The molecule has 1 amide bonds. The Morgan fingerprint density at radius 2 is 2.15 bits per heavy atom. The van der Waals surface area contributed by atoms with E-state index in [1.165, 1.54) is 4.40 Å². The van der Waals surface area contributed by atoms with Crippen molar-refractivity contribution in [3.05, 3.63) is 54.2 Å². The van der Waals surface area contributed by atoms with E-state index >= 15 is 0 Å². The van der Waals surface area contributed by atoms with Gasteiger partial charge >= 0.3 is 0 Å². The first-order valence-corrected chi connectivity index (χ1v) is 9.91. The molecule has 0 aliphatic rings. The number of hydrogen-bond acceptors (Lipinski definition) is 6. The molecule has 0 bridgehead atoms. The number of rotatable bonds is 8. The first-order chi connectivity index (χ1) is 12.5. The van der Waals surface area contributed by atoms with Crippen LogP contribution in [0.15, 0.2) is 52.4 Å². The normalized spacial score (nSPS) is 11.7. The average Bonchev–Trinajstić information content (AvgIpc) is 3.24. The Bertz CT molecular complexity index is 993. The Kier molecular flexibility index (Phi) is 5.38. The molecule has 0 saturated carbocycles. The maximum absolute atomic E-state index is 12.4. The third kappa shape index (κ3) is 4.12. The van der Waals surface area contributed by atoms with Gasteiger partial charge in [0, 0.05) is 25.6 Å². The first kappa shape index (κ1) is 18.2. The SMILES string of the molecule is CS(=O)(=O)c1nc(C(=O)NCCCOCc2ccco2)c2ccccn12. The van der Waals surface area contributed by atoms with E-state index in [-0.39, 0.29) is 10.9 Å². The molecule has 3 heterocycles. The molecule has 0 fully saturated rings. The van der Waals surface area contributed by atoms with Crippen molar-refractivity contribution in [2.75, 3.05) is 19.4 Å². The van der Waals surface area contributed by atoms with E-state index in [0.29, 0.717) is 31.7 Å². The van der Waals surface area contributed by atoms with Crippen LogP contribution in [0.3, 0.4) is 0 Å². The number of ether oxygens (including phenoxy) is 1. The molecule has 0 atom stereocenters. The second-order valence-electron chi connectivity index (χ2n) is 5.71. The highest BCUT2D eigenvalue weighted by molar-refractivity contribution is 7.90. The van der Waals surface area contributed by atoms with E-state index in [4.69, 9.17) is 9.15 Å². The number of aromatic nitrogens is 2. The highest BCUT2D eigenvalue weighted by atomic mass is 32.2. The van der Waals surface area contributed by atoms with Crippen molar-refractivity contribution in [3.63, 3.8) is 0 Å². The molecule has 138 valence electrons. The summed E-state index contributed by atoms with van der Waals surface area (Å²) in [7, 11) is -3.55. The molecule has 0 aliphatic heterocycles. The van der Waals surface area contributed by atoms with Gasteiger partial charge in [0.15, 0.2) is 5.69 Å². The lowest BCUT2D eigenvalue weighted by atomic mass is 10.3. The summed E-state index contributed by atoms with van der Waals surface area (Å²) in [5.74, 6) is 0.321. The summed E-state index contributed by atoms with van der Waals surface area (Å²) in [4.78, 5) is 16.4. The van der Waals surface area contributed by atoms with Gasteiger partial charge in [-0.05, 0) is 30.7 Å². The van der Waals surface area contributed by atoms with Crippen molar-refractivity contribution < 1.29 is 22.4 Å². The summed E-state index contributed by atoms with van der Waals surface area (Å²) in [6, 6.07) is 8.68. The number of nitrogens with one attached hydrogen (secondary N) is 1. The Morgan fingerprint density at radius 1 is 1.31 bits per heavy atom. The molecule has 0 unspecified atom stereocenters. The molecule has 0 radical (unpaired) electrons. The van der Waals surface area contributed by atoms with Crippen LogP contribution >= 0.6 is 0 Å². The zero-order chi connectivity index (χ0) is 18.6. The Balaban J connectivity index is 1.58. The minimum atomic E-state index is -3.55. The van der Waals surface area contributed by atoms with E-state index in [9.17, 15) is 13.2 Å². The standard InChI is InChI=1S/C17H19N3O5S/c1-26(22,23)17-19-15(14-7-2-3-9-20(14)17)16(21)18-8-5-10-24-12-13-6-4-11-25-13/h2-4,6-7,9,11H,5,8,10,12H2,1H3,(H,18,21). The van der Waals surface area contributed by atoms with Gasteiger partial charge in [0.1, 0.15) is 12.4 Å². The smallest absolute Gasteiger partial charge is 0.272 e. The zero-order valence-electron chi connectivity index (χ0n) is 14.2. The maximum Gasteiger partial charge on any atom is 0.272 e. The predicted octanol–water partition coefficient (Wildman–Crippen LogP) is 1.67. The lowest BCUT2D eigenvalue weighted by Gasteiger charge is -2.04. The van der Waals surface area contributed by atoms with Gasteiger partial charge in [-0.15, -0.1) is 0 Å². The van der Waals surface area contributed by atoms with Crippen LogP contribution in [0, 0.1) is 0 Å². The highest BCUT2D eigenvalue weighted by Gasteiger charge is 2.22. The number of furan rings is 1. The van der Waals surface area contributed by atoms with E-state index in [1.807, 2.05) is 6.07 Å². The van der Waals surface area contributed by atoms with E-state index < -0.39 is 15.7 Å². The molecule has 3 aromatic rings. The molecule has 0 spiro atoms. The molecule has 26 heavy (non-hydrogen) atoms. The quantitative estimate of drug-likeness (QED) is 0.599. The molecule has 3 aromatic heterocycles. The van der Waals surface area contributed by atoms with Gasteiger partial charge in [-0.25, -0.2) is 13.4 Å². The molecule has 9 heteroatoms. The van der Waals surface area contributed by atoms with Crippen LogP contribution in [-0.2, 0) is 21.2 Å². The van der Waals surface area contributed by atoms with Crippen molar-refractivity contribution in [2.24, 2.45) is 0 Å². The van der Waals surface area contributed by atoms with E-state index in [2.05, 4.69) is 10.3 Å². The zero-order valence-corrected chi connectivity index (χ0v) is 15.0. The third-order valence-corrected chi connectivity index (χ3v) is 4.59. The van der Waals surface area contributed by atoms with Crippen LogP contribution in [0.4, 0.5) is 0 Å². The van der Waals surface area contributed by atoms with E-state index in [1.54, 1.807) is 36.7 Å². The second kappa shape index (κ2) is 7.71. The number of hydrogen-bond donors (Lipinski definition) is 1. The Labute approximate surface area is 150 Å². The topological polar surface area (TPSA) is 103 Å². The predicted molar refractivity (Wildman–Crippen MR) is 93.6 cm³/mol. The average molecular weight is 377 g/mol. The Morgan fingerprint density at radius 3 is 2.88 bits per heavy atom.